The Balaban J connectivity index is 1.88. The molecule has 118 valence electrons. The zero-order valence-corrected chi connectivity index (χ0v) is 14.8. The number of halogens is 1. The number of aromatic nitrogens is 4. The fraction of sp³-hybridized carbons (Fsp3) is 0.250. The second-order valence-corrected chi connectivity index (χ2v) is 6.42. The maximum atomic E-state index is 4.43. The van der Waals surface area contributed by atoms with Crippen LogP contribution in [0.4, 0.5) is 11.8 Å². The Morgan fingerprint density at radius 1 is 1.00 bits per heavy atom. The molecule has 2 aromatic heterocycles. The van der Waals surface area contributed by atoms with E-state index in [-0.39, 0.29) is 0 Å². The van der Waals surface area contributed by atoms with E-state index in [0.717, 1.165) is 26.8 Å². The summed E-state index contributed by atoms with van der Waals surface area (Å²) < 4.78 is 1.01. The first-order valence-electron chi connectivity index (χ1n) is 7.14. The molecule has 0 bridgehead atoms. The average molecular weight is 373 g/mol. The highest BCUT2D eigenvalue weighted by Gasteiger charge is 2.10. The molecule has 0 spiro atoms. The minimum atomic E-state index is 0.673. The van der Waals surface area contributed by atoms with Gasteiger partial charge in [0.25, 0.3) is 0 Å². The summed E-state index contributed by atoms with van der Waals surface area (Å²) in [6, 6.07) is 5.99. The minimum Gasteiger partial charge on any atom is -0.355 e. The number of fused-ring (bicyclic) bond motifs is 1. The van der Waals surface area contributed by atoms with Crippen LogP contribution in [-0.4, -0.2) is 41.1 Å². The van der Waals surface area contributed by atoms with Crippen molar-refractivity contribution in [2.75, 3.05) is 30.9 Å². The molecular formula is C16H17BrN6. The third-order valence-corrected chi connectivity index (χ3v) is 3.94. The molecule has 0 aliphatic rings. The van der Waals surface area contributed by atoms with E-state index in [9.17, 15) is 0 Å². The molecule has 0 saturated carbocycles. The number of anilines is 2. The maximum absolute atomic E-state index is 4.43. The lowest BCUT2D eigenvalue weighted by Gasteiger charge is -2.20. The van der Waals surface area contributed by atoms with E-state index >= 15 is 0 Å². The summed E-state index contributed by atoms with van der Waals surface area (Å²) in [5, 5.41) is 1.01. The number of hydrogen-bond acceptors (Lipinski definition) is 6. The fourth-order valence-corrected chi connectivity index (χ4v) is 2.69. The van der Waals surface area contributed by atoms with Crippen molar-refractivity contribution in [1.29, 1.82) is 0 Å². The summed E-state index contributed by atoms with van der Waals surface area (Å²) >= 11 is 3.51. The van der Waals surface area contributed by atoms with Crippen molar-refractivity contribution in [2.45, 2.75) is 6.54 Å². The quantitative estimate of drug-likeness (QED) is 0.701. The van der Waals surface area contributed by atoms with Gasteiger partial charge in [-0.25, -0.2) is 19.9 Å². The first kappa shape index (κ1) is 15.6. The van der Waals surface area contributed by atoms with Gasteiger partial charge in [-0.3, -0.25) is 0 Å². The zero-order chi connectivity index (χ0) is 16.4. The molecule has 0 N–H and O–H groups in total. The third-order valence-electron chi connectivity index (χ3n) is 3.45. The Kier molecular flexibility index (Phi) is 4.38. The van der Waals surface area contributed by atoms with Crippen molar-refractivity contribution in [1.82, 2.24) is 19.9 Å². The van der Waals surface area contributed by atoms with Crippen LogP contribution in [0.1, 0.15) is 5.56 Å². The molecule has 0 atom stereocenters. The Bertz CT molecular complexity index is 818. The Labute approximate surface area is 143 Å². The van der Waals surface area contributed by atoms with Crippen molar-refractivity contribution in [3.05, 3.63) is 47.0 Å². The molecule has 23 heavy (non-hydrogen) atoms. The van der Waals surface area contributed by atoms with E-state index in [1.807, 2.05) is 56.6 Å². The fourth-order valence-electron chi connectivity index (χ4n) is 2.33. The van der Waals surface area contributed by atoms with E-state index in [4.69, 9.17) is 0 Å². The normalized spacial score (nSPS) is 10.8. The molecule has 0 unspecified atom stereocenters. The van der Waals surface area contributed by atoms with Crippen LogP contribution in [0.3, 0.4) is 0 Å². The van der Waals surface area contributed by atoms with Crippen molar-refractivity contribution >= 4 is 38.6 Å². The monoisotopic (exact) mass is 372 g/mol. The number of rotatable bonds is 4. The predicted octanol–water partition coefficient (Wildman–Crippen LogP) is 2.88. The minimum absolute atomic E-state index is 0.673. The summed E-state index contributed by atoms with van der Waals surface area (Å²) in [5.74, 6) is 1.58. The number of nitrogens with zero attached hydrogens (tertiary/aromatic N) is 6. The van der Waals surface area contributed by atoms with Crippen LogP contribution in [0.5, 0.6) is 0 Å². The second-order valence-electron chi connectivity index (χ2n) is 5.50. The number of benzene rings is 1. The van der Waals surface area contributed by atoms with Gasteiger partial charge in [0.05, 0.1) is 5.52 Å². The number of hydrogen-bond donors (Lipinski definition) is 0. The average Bonchev–Trinajstić information content (AvgIpc) is 2.54. The van der Waals surface area contributed by atoms with Gasteiger partial charge in [0, 0.05) is 55.5 Å². The van der Waals surface area contributed by atoms with E-state index in [2.05, 4.69) is 40.8 Å². The molecular weight excluding hydrogens is 356 g/mol. The van der Waals surface area contributed by atoms with Gasteiger partial charge in [0.1, 0.15) is 12.1 Å². The topological polar surface area (TPSA) is 58.0 Å². The van der Waals surface area contributed by atoms with Gasteiger partial charge in [-0.2, -0.15) is 0 Å². The summed E-state index contributed by atoms with van der Waals surface area (Å²) in [6.07, 6.45) is 5.28. The van der Waals surface area contributed by atoms with Crippen molar-refractivity contribution in [2.24, 2.45) is 0 Å². The van der Waals surface area contributed by atoms with E-state index in [1.165, 1.54) is 0 Å². The standard InChI is InChI=1S/C16H17BrN6/c1-22(2)16-18-7-11(8-19-16)9-23(3)15-13-6-12(17)4-5-14(13)20-10-21-15/h4-8,10H,9H2,1-3H3. The molecule has 0 amide bonds. The predicted molar refractivity (Wildman–Crippen MR) is 95.7 cm³/mol. The summed E-state index contributed by atoms with van der Waals surface area (Å²) in [4.78, 5) is 21.4. The van der Waals surface area contributed by atoms with Gasteiger partial charge in [-0.15, -0.1) is 0 Å². The molecule has 6 nitrogen and oxygen atoms in total. The van der Waals surface area contributed by atoms with Crippen LogP contribution in [0.2, 0.25) is 0 Å². The summed E-state index contributed by atoms with van der Waals surface area (Å²) in [5.41, 5.74) is 1.95. The third kappa shape index (κ3) is 3.39. The Morgan fingerprint density at radius 2 is 1.74 bits per heavy atom. The molecule has 3 aromatic rings. The van der Waals surface area contributed by atoms with E-state index < -0.39 is 0 Å². The van der Waals surface area contributed by atoms with Crippen LogP contribution in [-0.2, 0) is 6.54 Å². The molecule has 0 aliphatic heterocycles. The molecule has 7 heteroatoms. The van der Waals surface area contributed by atoms with E-state index in [0.29, 0.717) is 12.5 Å². The lowest BCUT2D eigenvalue weighted by molar-refractivity contribution is 0.877. The molecule has 3 rings (SSSR count). The highest BCUT2D eigenvalue weighted by atomic mass is 79.9. The van der Waals surface area contributed by atoms with Crippen LogP contribution in [0, 0.1) is 0 Å². The SMILES string of the molecule is CN(C)c1ncc(CN(C)c2ncnc3ccc(Br)cc23)cn1. The van der Waals surface area contributed by atoms with Crippen molar-refractivity contribution < 1.29 is 0 Å². The molecule has 2 heterocycles. The van der Waals surface area contributed by atoms with Gasteiger partial charge >= 0.3 is 0 Å². The lowest BCUT2D eigenvalue weighted by atomic mass is 10.2. The zero-order valence-electron chi connectivity index (χ0n) is 13.2. The first-order valence-corrected chi connectivity index (χ1v) is 7.93. The van der Waals surface area contributed by atoms with Crippen LogP contribution in [0.15, 0.2) is 41.4 Å². The van der Waals surface area contributed by atoms with Crippen LogP contribution >= 0.6 is 15.9 Å². The molecule has 0 radical (unpaired) electrons. The van der Waals surface area contributed by atoms with Gasteiger partial charge in [-0.1, -0.05) is 15.9 Å². The molecule has 0 fully saturated rings. The summed E-state index contributed by atoms with van der Waals surface area (Å²) in [6.45, 7) is 0.673. The van der Waals surface area contributed by atoms with Gasteiger partial charge in [0.15, 0.2) is 0 Å². The van der Waals surface area contributed by atoms with Crippen LogP contribution < -0.4 is 9.80 Å². The highest BCUT2D eigenvalue weighted by molar-refractivity contribution is 9.10. The maximum Gasteiger partial charge on any atom is 0.224 e. The van der Waals surface area contributed by atoms with Gasteiger partial charge in [-0.05, 0) is 18.2 Å². The second kappa shape index (κ2) is 6.45. The van der Waals surface area contributed by atoms with Gasteiger partial charge in [0.2, 0.25) is 5.95 Å². The van der Waals surface area contributed by atoms with E-state index in [1.54, 1.807) is 6.33 Å². The lowest BCUT2D eigenvalue weighted by Crippen LogP contribution is -2.19. The first-order chi connectivity index (χ1) is 11.0. The smallest absolute Gasteiger partial charge is 0.224 e. The van der Waals surface area contributed by atoms with Crippen molar-refractivity contribution in [3.8, 4) is 0 Å². The van der Waals surface area contributed by atoms with Crippen molar-refractivity contribution in [3.63, 3.8) is 0 Å². The Hall–Kier alpha value is -2.28. The Morgan fingerprint density at radius 3 is 2.43 bits per heavy atom. The van der Waals surface area contributed by atoms with Crippen LogP contribution in [0.25, 0.3) is 10.9 Å². The molecule has 0 aliphatic carbocycles. The molecule has 0 saturated heterocycles. The van der Waals surface area contributed by atoms with Gasteiger partial charge < -0.3 is 9.80 Å². The largest absolute Gasteiger partial charge is 0.355 e. The molecule has 1 aromatic carbocycles. The highest BCUT2D eigenvalue weighted by Crippen LogP contribution is 2.26. The summed E-state index contributed by atoms with van der Waals surface area (Å²) in [7, 11) is 5.85.